The van der Waals surface area contributed by atoms with E-state index in [2.05, 4.69) is 5.10 Å². The van der Waals surface area contributed by atoms with Crippen LogP contribution in [0.5, 0.6) is 0 Å². The third kappa shape index (κ3) is 3.84. The molecule has 0 unspecified atom stereocenters. The molecule has 6 nitrogen and oxygen atoms in total. The zero-order chi connectivity index (χ0) is 18.9. The molecule has 1 aromatic carbocycles. The van der Waals surface area contributed by atoms with Crippen LogP contribution in [0.25, 0.3) is 0 Å². The molecule has 2 aromatic heterocycles. The lowest BCUT2D eigenvalue weighted by Crippen LogP contribution is -2.31. The van der Waals surface area contributed by atoms with Gasteiger partial charge in [0.25, 0.3) is 0 Å². The Morgan fingerprint density at radius 2 is 1.93 bits per heavy atom. The van der Waals surface area contributed by atoms with Gasteiger partial charge >= 0.3 is 0 Å². The Morgan fingerprint density at radius 1 is 1.11 bits per heavy atom. The number of furan rings is 1. The topological polar surface area (TPSA) is 68.3 Å². The highest BCUT2D eigenvalue weighted by atomic mass is 32.2. The van der Waals surface area contributed by atoms with Crippen LogP contribution in [0, 0.1) is 0 Å². The van der Waals surface area contributed by atoms with Gasteiger partial charge in [0.05, 0.1) is 30.8 Å². The van der Waals surface area contributed by atoms with Crippen molar-refractivity contribution in [3.63, 3.8) is 0 Å². The summed E-state index contributed by atoms with van der Waals surface area (Å²) in [6.45, 7) is 0.465. The number of hydrogen-bond acceptors (Lipinski definition) is 4. The van der Waals surface area contributed by atoms with Gasteiger partial charge in [0.1, 0.15) is 5.76 Å². The summed E-state index contributed by atoms with van der Waals surface area (Å²) in [6, 6.07) is 12.8. The van der Waals surface area contributed by atoms with Crippen LogP contribution in [0.4, 0.5) is 0 Å². The van der Waals surface area contributed by atoms with Gasteiger partial charge in [-0.15, -0.1) is 0 Å². The number of nitrogens with zero attached hydrogens (tertiary/aromatic N) is 3. The van der Waals surface area contributed by atoms with Crippen LogP contribution in [-0.2, 0) is 48.8 Å². The van der Waals surface area contributed by atoms with Crippen molar-refractivity contribution in [1.82, 2.24) is 14.1 Å². The fourth-order valence-electron chi connectivity index (χ4n) is 3.70. The smallest absolute Gasteiger partial charge is 0.219 e. The number of fused-ring (bicyclic) bond motifs is 1. The lowest BCUT2D eigenvalue weighted by Gasteiger charge is -2.21. The summed E-state index contributed by atoms with van der Waals surface area (Å²) in [5, 5.41) is 4.60. The molecule has 0 aliphatic heterocycles. The minimum Gasteiger partial charge on any atom is -0.468 e. The maximum atomic E-state index is 13.2. The second-order valence-corrected chi connectivity index (χ2v) is 8.91. The quantitative estimate of drug-likeness (QED) is 0.627. The Labute approximate surface area is 159 Å². The van der Waals surface area contributed by atoms with Gasteiger partial charge in [-0.2, -0.15) is 9.40 Å². The molecule has 142 valence electrons. The molecule has 0 atom stereocenters. The molecule has 0 bridgehead atoms. The van der Waals surface area contributed by atoms with Gasteiger partial charge in [-0.3, -0.25) is 4.68 Å². The summed E-state index contributed by atoms with van der Waals surface area (Å²) in [5.74, 6) is 0.586. The molecule has 0 saturated heterocycles. The van der Waals surface area contributed by atoms with Crippen molar-refractivity contribution >= 4 is 10.0 Å². The van der Waals surface area contributed by atoms with E-state index in [1.54, 1.807) is 18.4 Å². The molecule has 1 aliphatic carbocycles. The van der Waals surface area contributed by atoms with E-state index in [9.17, 15) is 8.42 Å². The molecule has 0 spiro atoms. The van der Waals surface area contributed by atoms with Crippen molar-refractivity contribution in [2.24, 2.45) is 7.05 Å². The molecule has 0 fully saturated rings. The first-order valence-corrected chi connectivity index (χ1v) is 10.7. The normalized spacial score (nSPS) is 14.0. The van der Waals surface area contributed by atoms with E-state index in [-0.39, 0.29) is 18.8 Å². The summed E-state index contributed by atoms with van der Waals surface area (Å²) in [5.41, 5.74) is 4.06. The van der Waals surface area contributed by atoms with Crippen molar-refractivity contribution in [3.8, 4) is 0 Å². The zero-order valence-electron chi connectivity index (χ0n) is 15.3. The predicted octanol–water partition coefficient (Wildman–Crippen LogP) is 3.03. The first-order chi connectivity index (χ1) is 13.0. The number of benzene rings is 1. The summed E-state index contributed by atoms with van der Waals surface area (Å²) in [7, 11) is -1.60. The fraction of sp³-hybridized carbons (Fsp3) is 0.350. The van der Waals surface area contributed by atoms with E-state index in [1.165, 1.54) is 15.6 Å². The largest absolute Gasteiger partial charge is 0.468 e. The molecule has 7 heteroatoms. The third-order valence-electron chi connectivity index (χ3n) is 5.02. The molecule has 0 N–H and O–H groups in total. The fourth-order valence-corrected chi connectivity index (χ4v) is 5.14. The number of sulfonamides is 1. The number of rotatable bonds is 7. The molecule has 4 rings (SSSR count). The Kier molecular flexibility index (Phi) is 4.88. The van der Waals surface area contributed by atoms with E-state index in [4.69, 9.17) is 4.42 Å². The van der Waals surface area contributed by atoms with Gasteiger partial charge in [0.15, 0.2) is 0 Å². The van der Waals surface area contributed by atoms with E-state index < -0.39 is 10.0 Å². The third-order valence-corrected chi connectivity index (χ3v) is 6.77. The SMILES string of the molecule is Cn1nc(CN(Cc2ccco2)S(=O)(=O)Cc2ccccc2)c2c1CCC2. The summed E-state index contributed by atoms with van der Waals surface area (Å²) in [6.07, 6.45) is 4.64. The van der Waals surface area contributed by atoms with Crippen molar-refractivity contribution in [2.45, 2.75) is 38.1 Å². The van der Waals surface area contributed by atoms with Crippen LogP contribution >= 0.6 is 0 Å². The zero-order valence-corrected chi connectivity index (χ0v) is 16.2. The molecule has 3 aromatic rings. The van der Waals surface area contributed by atoms with Crippen molar-refractivity contribution in [1.29, 1.82) is 0 Å². The van der Waals surface area contributed by atoms with Crippen LogP contribution in [-0.4, -0.2) is 22.5 Å². The van der Waals surface area contributed by atoms with E-state index in [0.29, 0.717) is 5.76 Å². The van der Waals surface area contributed by atoms with Crippen LogP contribution in [0.3, 0.4) is 0 Å². The Morgan fingerprint density at radius 3 is 2.67 bits per heavy atom. The molecular weight excluding hydrogens is 362 g/mol. The van der Waals surface area contributed by atoms with Crippen LogP contribution in [0.1, 0.15) is 34.7 Å². The van der Waals surface area contributed by atoms with Crippen LogP contribution < -0.4 is 0 Å². The summed E-state index contributed by atoms with van der Waals surface area (Å²) < 4.78 is 35.2. The van der Waals surface area contributed by atoms with Crippen molar-refractivity contribution < 1.29 is 12.8 Å². The van der Waals surface area contributed by atoms with Gasteiger partial charge in [-0.05, 0) is 42.5 Å². The average Bonchev–Trinajstić information content (AvgIpc) is 3.36. The molecular formula is C20H23N3O3S. The lowest BCUT2D eigenvalue weighted by molar-refractivity contribution is 0.353. The van der Waals surface area contributed by atoms with Crippen LogP contribution in [0.2, 0.25) is 0 Å². The second kappa shape index (κ2) is 7.32. The number of aryl methyl sites for hydroxylation is 1. The van der Waals surface area contributed by atoms with Crippen molar-refractivity contribution in [2.75, 3.05) is 0 Å². The molecule has 27 heavy (non-hydrogen) atoms. The number of hydrogen-bond donors (Lipinski definition) is 0. The van der Waals surface area contributed by atoms with Crippen molar-refractivity contribution in [3.05, 3.63) is 77.0 Å². The number of aromatic nitrogens is 2. The maximum absolute atomic E-state index is 13.2. The predicted molar refractivity (Wildman–Crippen MR) is 102 cm³/mol. The standard InChI is InChI=1S/C20H23N3O3S/c1-22-20-11-5-10-18(20)19(21-22)14-23(13-17-9-6-12-26-17)27(24,25)15-16-7-3-2-4-8-16/h2-4,6-9,12H,5,10-11,13-15H2,1H3. The molecule has 1 aliphatic rings. The maximum Gasteiger partial charge on any atom is 0.219 e. The summed E-state index contributed by atoms with van der Waals surface area (Å²) in [4.78, 5) is 0. The Balaban J connectivity index is 1.64. The van der Waals surface area contributed by atoms with E-state index in [0.717, 1.165) is 30.5 Å². The minimum atomic E-state index is -3.53. The van der Waals surface area contributed by atoms with E-state index in [1.807, 2.05) is 42.1 Å². The highest BCUT2D eigenvalue weighted by Crippen LogP contribution is 2.27. The molecule has 0 saturated carbocycles. The van der Waals surface area contributed by atoms with Gasteiger partial charge in [0, 0.05) is 12.7 Å². The van der Waals surface area contributed by atoms with Crippen LogP contribution in [0.15, 0.2) is 53.1 Å². The first kappa shape index (κ1) is 18.0. The molecule has 0 amide bonds. The monoisotopic (exact) mass is 385 g/mol. The Bertz CT molecular complexity index is 1010. The molecule has 0 radical (unpaired) electrons. The average molecular weight is 385 g/mol. The molecule has 2 heterocycles. The summed E-state index contributed by atoms with van der Waals surface area (Å²) >= 11 is 0. The minimum absolute atomic E-state index is 0.0381. The first-order valence-electron chi connectivity index (χ1n) is 9.11. The lowest BCUT2D eigenvalue weighted by atomic mass is 10.2. The van der Waals surface area contributed by atoms with Gasteiger partial charge in [-0.25, -0.2) is 8.42 Å². The van der Waals surface area contributed by atoms with E-state index >= 15 is 0 Å². The Hall–Kier alpha value is -2.38. The highest BCUT2D eigenvalue weighted by molar-refractivity contribution is 7.88. The van der Waals surface area contributed by atoms with Gasteiger partial charge in [-0.1, -0.05) is 30.3 Å². The van der Waals surface area contributed by atoms with Gasteiger partial charge in [0.2, 0.25) is 10.0 Å². The highest BCUT2D eigenvalue weighted by Gasteiger charge is 2.28. The second-order valence-electron chi connectivity index (χ2n) is 6.94. The van der Waals surface area contributed by atoms with Gasteiger partial charge < -0.3 is 4.42 Å².